The lowest BCUT2D eigenvalue weighted by Gasteiger charge is -2.29. The summed E-state index contributed by atoms with van der Waals surface area (Å²) in [6.07, 6.45) is 0.0794. The summed E-state index contributed by atoms with van der Waals surface area (Å²) in [6, 6.07) is 22.4. The second kappa shape index (κ2) is 12.7. The highest BCUT2D eigenvalue weighted by Crippen LogP contribution is 2.27. The third-order valence-electron chi connectivity index (χ3n) is 6.02. The van der Waals surface area contributed by atoms with Crippen LogP contribution in [0.3, 0.4) is 0 Å². The predicted octanol–water partition coefficient (Wildman–Crippen LogP) is 6.77. The quantitative estimate of drug-likeness (QED) is 0.213. The molecule has 0 bridgehead atoms. The van der Waals surface area contributed by atoms with E-state index in [0.29, 0.717) is 27.7 Å². The molecule has 1 atom stereocenters. The number of rotatable bonds is 10. The first-order valence-corrected chi connectivity index (χ1v) is 12.9. The summed E-state index contributed by atoms with van der Waals surface area (Å²) >= 11 is 12.3. The molecule has 0 aliphatic rings. The molecule has 4 aromatic rings. The number of nitrogens with zero attached hydrogens (tertiary/aromatic N) is 1. The van der Waals surface area contributed by atoms with E-state index in [0.717, 1.165) is 5.56 Å². The number of halogens is 2. The third-order valence-corrected chi connectivity index (χ3v) is 6.57. The fourth-order valence-electron chi connectivity index (χ4n) is 4.08. The van der Waals surface area contributed by atoms with Crippen LogP contribution in [0.4, 0.5) is 0 Å². The number of amides is 1. The number of furan rings is 1. The second-order valence-corrected chi connectivity index (χ2v) is 9.51. The first kappa shape index (κ1) is 28.0. The van der Waals surface area contributed by atoms with Gasteiger partial charge >= 0.3 is 11.9 Å². The molecule has 1 aromatic heterocycles. The molecular formula is C30H25Cl2NO6. The van der Waals surface area contributed by atoms with Crippen LogP contribution in [-0.2, 0) is 22.5 Å². The number of benzene rings is 3. The Morgan fingerprint density at radius 3 is 2.31 bits per heavy atom. The number of carboxylic acid groups (broad SMARTS) is 1. The van der Waals surface area contributed by atoms with Gasteiger partial charge in [0.15, 0.2) is 0 Å². The first-order chi connectivity index (χ1) is 18.8. The topological polar surface area (TPSA) is 97.0 Å². The normalized spacial score (nSPS) is 11.6. The Labute approximate surface area is 235 Å². The molecule has 39 heavy (non-hydrogen) atoms. The van der Waals surface area contributed by atoms with E-state index in [4.69, 9.17) is 32.4 Å². The number of ether oxygens (including phenoxy) is 1. The van der Waals surface area contributed by atoms with Gasteiger partial charge in [-0.2, -0.15) is 0 Å². The molecule has 9 heteroatoms. The lowest BCUT2D eigenvalue weighted by Crippen LogP contribution is -2.46. The molecule has 1 N–H and O–H groups in total. The highest BCUT2D eigenvalue weighted by Gasteiger charge is 2.32. The average molecular weight is 566 g/mol. The molecule has 0 spiro atoms. The SMILES string of the molecule is CCOC(=O)c1ccc(-c2ccc(CN(C(=O)c3ccc(Cl)cc3Cl)[C@@H](Cc3ccccc3)C(=O)O)o2)cc1. The van der Waals surface area contributed by atoms with Gasteiger partial charge in [0, 0.05) is 17.0 Å². The number of carbonyl (C=O) groups is 3. The van der Waals surface area contributed by atoms with Gasteiger partial charge in [-0.05, 0) is 55.0 Å². The molecule has 4 rings (SSSR count). The van der Waals surface area contributed by atoms with Gasteiger partial charge in [-0.1, -0.05) is 65.7 Å². The molecule has 0 aliphatic carbocycles. The Morgan fingerprint density at radius 1 is 0.949 bits per heavy atom. The summed E-state index contributed by atoms with van der Waals surface area (Å²) in [4.78, 5) is 39.3. The standard InChI is InChI=1S/C30H25Cl2NO6/c1-2-38-30(37)21-10-8-20(9-11-21)27-15-13-23(39-27)18-33(28(34)24-14-12-22(31)17-25(24)32)26(29(35)36)16-19-6-4-3-5-7-19/h3-15,17,26H,2,16,18H2,1H3,(H,35,36)/t26-/m0/s1. The number of aliphatic carboxylic acids is 1. The fraction of sp³-hybridized carbons (Fsp3) is 0.167. The molecule has 200 valence electrons. The van der Waals surface area contributed by atoms with Gasteiger partial charge in [0.25, 0.3) is 5.91 Å². The number of carboxylic acids is 1. The van der Waals surface area contributed by atoms with Crippen LogP contribution in [0.5, 0.6) is 0 Å². The highest BCUT2D eigenvalue weighted by molar-refractivity contribution is 6.36. The minimum absolute atomic E-state index is 0.0794. The van der Waals surface area contributed by atoms with Gasteiger partial charge in [0.05, 0.1) is 29.3 Å². The van der Waals surface area contributed by atoms with E-state index >= 15 is 0 Å². The molecule has 0 radical (unpaired) electrons. The van der Waals surface area contributed by atoms with Crippen LogP contribution < -0.4 is 0 Å². The predicted molar refractivity (Wildman–Crippen MR) is 148 cm³/mol. The van der Waals surface area contributed by atoms with Crippen LogP contribution in [0, 0.1) is 0 Å². The summed E-state index contributed by atoms with van der Waals surface area (Å²) < 4.78 is 11.0. The molecule has 0 unspecified atom stereocenters. The number of hydrogen-bond donors (Lipinski definition) is 1. The van der Waals surface area contributed by atoms with Crippen molar-refractivity contribution in [2.75, 3.05) is 6.61 Å². The zero-order valence-electron chi connectivity index (χ0n) is 21.0. The molecular weight excluding hydrogens is 541 g/mol. The maximum Gasteiger partial charge on any atom is 0.338 e. The Bertz CT molecular complexity index is 1470. The lowest BCUT2D eigenvalue weighted by molar-refractivity contribution is -0.142. The minimum atomic E-state index is -1.20. The Kier molecular flexibility index (Phi) is 9.07. The third kappa shape index (κ3) is 6.88. The van der Waals surface area contributed by atoms with Gasteiger partial charge in [-0.25, -0.2) is 9.59 Å². The molecule has 0 saturated carbocycles. The van der Waals surface area contributed by atoms with Crippen molar-refractivity contribution >= 4 is 41.0 Å². The van der Waals surface area contributed by atoms with E-state index in [9.17, 15) is 19.5 Å². The van der Waals surface area contributed by atoms with Gasteiger partial charge in [-0.15, -0.1) is 0 Å². The summed E-state index contributed by atoms with van der Waals surface area (Å²) in [5, 5.41) is 10.6. The van der Waals surface area contributed by atoms with Gasteiger partial charge < -0.3 is 19.2 Å². The molecule has 0 fully saturated rings. The average Bonchev–Trinajstić information content (AvgIpc) is 3.40. The van der Waals surface area contributed by atoms with Gasteiger partial charge in [-0.3, -0.25) is 4.79 Å². The van der Waals surface area contributed by atoms with Crippen molar-refractivity contribution in [1.82, 2.24) is 4.90 Å². The van der Waals surface area contributed by atoms with E-state index in [1.807, 2.05) is 18.2 Å². The summed E-state index contributed by atoms with van der Waals surface area (Å²) in [5.41, 5.74) is 2.00. The van der Waals surface area contributed by atoms with Crippen LogP contribution in [0.25, 0.3) is 11.3 Å². The van der Waals surface area contributed by atoms with E-state index < -0.39 is 23.9 Å². The van der Waals surface area contributed by atoms with Crippen molar-refractivity contribution in [3.8, 4) is 11.3 Å². The Balaban J connectivity index is 1.65. The Morgan fingerprint density at radius 2 is 1.67 bits per heavy atom. The monoisotopic (exact) mass is 565 g/mol. The van der Waals surface area contributed by atoms with E-state index in [-0.39, 0.29) is 30.2 Å². The maximum absolute atomic E-state index is 13.7. The molecule has 7 nitrogen and oxygen atoms in total. The van der Waals surface area contributed by atoms with Gasteiger partial charge in [0.2, 0.25) is 0 Å². The van der Waals surface area contributed by atoms with Gasteiger partial charge in [0.1, 0.15) is 17.6 Å². The first-order valence-electron chi connectivity index (χ1n) is 12.2. The number of hydrogen-bond acceptors (Lipinski definition) is 5. The molecule has 3 aromatic carbocycles. The molecule has 0 aliphatic heterocycles. The largest absolute Gasteiger partial charge is 0.480 e. The zero-order valence-corrected chi connectivity index (χ0v) is 22.5. The number of esters is 1. The number of carbonyl (C=O) groups excluding carboxylic acids is 2. The summed E-state index contributed by atoms with van der Waals surface area (Å²) in [5.74, 6) is -1.29. The van der Waals surface area contributed by atoms with E-state index in [1.165, 1.54) is 23.1 Å². The van der Waals surface area contributed by atoms with Crippen LogP contribution in [-0.4, -0.2) is 40.5 Å². The van der Waals surface area contributed by atoms with Crippen molar-refractivity contribution in [2.24, 2.45) is 0 Å². The van der Waals surface area contributed by atoms with Crippen LogP contribution in [0.1, 0.15) is 39.0 Å². The Hall–Kier alpha value is -4.07. The van der Waals surface area contributed by atoms with E-state index in [2.05, 4.69) is 0 Å². The van der Waals surface area contributed by atoms with Crippen molar-refractivity contribution in [2.45, 2.75) is 25.9 Å². The molecule has 1 heterocycles. The van der Waals surface area contributed by atoms with Crippen LogP contribution >= 0.6 is 23.2 Å². The molecule has 1 amide bonds. The van der Waals surface area contributed by atoms with Crippen molar-refractivity contribution < 1.29 is 28.6 Å². The maximum atomic E-state index is 13.7. The highest BCUT2D eigenvalue weighted by atomic mass is 35.5. The zero-order chi connectivity index (χ0) is 27.9. The minimum Gasteiger partial charge on any atom is -0.480 e. The smallest absolute Gasteiger partial charge is 0.338 e. The summed E-state index contributed by atoms with van der Waals surface area (Å²) in [6.45, 7) is 1.89. The molecule has 0 saturated heterocycles. The summed E-state index contributed by atoms with van der Waals surface area (Å²) in [7, 11) is 0. The van der Waals surface area contributed by atoms with Crippen molar-refractivity contribution in [3.05, 3.63) is 117 Å². The van der Waals surface area contributed by atoms with Crippen molar-refractivity contribution in [1.29, 1.82) is 0 Å². The van der Waals surface area contributed by atoms with E-state index in [1.54, 1.807) is 55.5 Å². The second-order valence-electron chi connectivity index (χ2n) is 8.66. The fourth-order valence-corrected chi connectivity index (χ4v) is 4.57. The van der Waals surface area contributed by atoms with Crippen molar-refractivity contribution in [3.63, 3.8) is 0 Å². The lowest BCUT2D eigenvalue weighted by atomic mass is 10.0. The van der Waals surface area contributed by atoms with Crippen LogP contribution in [0.15, 0.2) is 89.3 Å². The van der Waals surface area contributed by atoms with Crippen LogP contribution in [0.2, 0.25) is 10.0 Å².